The number of carbonyl (C=O) groups is 1. The lowest BCUT2D eigenvalue weighted by Gasteiger charge is -2.24. The third-order valence-corrected chi connectivity index (χ3v) is 8.37. The van der Waals surface area contributed by atoms with Crippen molar-refractivity contribution in [2.24, 2.45) is 0 Å². The number of benzene rings is 3. The molecule has 1 aromatic heterocycles. The molecule has 0 aliphatic carbocycles. The summed E-state index contributed by atoms with van der Waals surface area (Å²) in [5.74, 6) is -0.587. The SMILES string of the molecule is C[C@H]1Cc2ccccc2N1S(=O)(=O)c1cccc(C(=O)OCc2nc3ccccc3s2)c1. The molecule has 0 N–H and O–H groups in total. The molecular weight excluding hydrogens is 444 g/mol. The average Bonchev–Trinajstić information content (AvgIpc) is 3.37. The fourth-order valence-corrected chi connectivity index (χ4v) is 6.61. The predicted octanol–water partition coefficient (Wildman–Crippen LogP) is 4.79. The Morgan fingerprint density at radius 3 is 2.72 bits per heavy atom. The van der Waals surface area contributed by atoms with Gasteiger partial charge in [0.2, 0.25) is 0 Å². The number of anilines is 1. The van der Waals surface area contributed by atoms with Gasteiger partial charge in [-0.05, 0) is 55.3 Å². The van der Waals surface area contributed by atoms with Crippen LogP contribution in [0.25, 0.3) is 10.2 Å². The second kappa shape index (κ2) is 8.03. The van der Waals surface area contributed by atoms with Gasteiger partial charge < -0.3 is 4.74 Å². The quantitative estimate of drug-likeness (QED) is 0.397. The van der Waals surface area contributed by atoms with Crippen LogP contribution in [0.4, 0.5) is 5.69 Å². The maximum atomic E-state index is 13.4. The number of para-hydroxylation sites is 2. The summed E-state index contributed by atoms with van der Waals surface area (Å²) in [5, 5.41) is 0.686. The van der Waals surface area contributed by atoms with Crippen molar-refractivity contribution in [2.45, 2.75) is 30.9 Å². The Morgan fingerprint density at radius 1 is 1.09 bits per heavy atom. The van der Waals surface area contributed by atoms with Crippen molar-refractivity contribution in [3.8, 4) is 0 Å². The minimum atomic E-state index is -3.83. The van der Waals surface area contributed by atoms with Crippen LogP contribution in [0, 0.1) is 0 Å². The second-order valence-corrected chi connectivity index (χ2v) is 10.6. The lowest BCUT2D eigenvalue weighted by Crippen LogP contribution is -2.35. The predicted molar refractivity (Wildman–Crippen MR) is 124 cm³/mol. The van der Waals surface area contributed by atoms with E-state index >= 15 is 0 Å². The molecule has 0 spiro atoms. The molecule has 162 valence electrons. The van der Waals surface area contributed by atoms with E-state index in [1.54, 1.807) is 12.1 Å². The first-order chi connectivity index (χ1) is 15.4. The van der Waals surface area contributed by atoms with Crippen molar-refractivity contribution in [1.82, 2.24) is 4.98 Å². The van der Waals surface area contributed by atoms with E-state index in [0.29, 0.717) is 17.1 Å². The summed E-state index contributed by atoms with van der Waals surface area (Å²) in [6, 6.07) is 21.0. The summed E-state index contributed by atoms with van der Waals surface area (Å²) in [6.45, 7) is 1.92. The number of rotatable bonds is 5. The summed E-state index contributed by atoms with van der Waals surface area (Å²) in [6.07, 6.45) is 0.652. The van der Waals surface area contributed by atoms with Crippen LogP contribution in [0.15, 0.2) is 77.7 Å². The Labute approximate surface area is 190 Å². The molecule has 0 bridgehead atoms. The van der Waals surface area contributed by atoms with Crippen LogP contribution in [0.1, 0.15) is 27.9 Å². The third kappa shape index (κ3) is 3.65. The van der Waals surface area contributed by atoms with Crippen LogP contribution in [-0.4, -0.2) is 25.4 Å². The first kappa shape index (κ1) is 20.7. The monoisotopic (exact) mass is 464 g/mol. The Balaban J connectivity index is 1.37. The molecule has 5 rings (SSSR count). The number of esters is 1. The zero-order valence-electron chi connectivity index (χ0n) is 17.3. The number of ether oxygens (including phenoxy) is 1. The van der Waals surface area contributed by atoms with Crippen LogP contribution in [0.5, 0.6) is 0 Å². The number of sulfonamides is 1. The van der Waals surface area contributed by atoms with Gasteiger partial charge in [0.15, 0.2) is 0 Å². The second-order valence-electron chi connectivity index (χ2n) is 7.66. The molecule has 1 aliphatic rings. The molecule has 1 aliphatic heterocycles. The fraction of sp³-hybridized carbons (Fsp3) is 0.167. The van der Waals surface area contributed by atoms with Gasteiger partial charge in [-0.1, -0.05) is 36.4 Å². The normalized spacial score (nSPS) is 15.7. The van der Waals surface area contributed by atoms with E-state index in [1.807, 2.05) is 55.5 Å². The van der Waals surface area contributed by atoms with Crippen LogP contribution < -0.4 is 4.31 Å². The zero-order valence-corrected chi connectivity index (χ0v) is 18.9. The summed E-state index contributed by atoms with van der Waals surface area (Å²) in [5.41, 5.74) is 2.72. The van der Waals surface area contributed by atoms with Gasteiger partial charge in [0, 0.05) is 6.04 Å². The zero-order chi connectivity index (χ0) is 22.3. The van der Waals surface area contributed by atoms with Crippen molar-refractivity contribution >= 4 is 43.2 Å². The molecule has 6 nitrogen and oxygen atoms in total. The summed E-state index contributed by atoms with van der Waals surface area (Å²) < 4.78 is 34.7. The Morgan fingerprint density at radius 2 is 1.88 bits per heavy atom. The molecule has 0 fully saturated rings. The number of hydrogen-bond donors (Lipinski definition) is 0. The number of carbonyl (C=O) groups excluding carboxylic acids is 1. The van der Waals surface area contributed by atoms with E-state index in [0.717, 1.165) is 15.8 Å². The molecule has 0 saturated carbocycles. The Kier molecular flexibility index (Phi) is 5.19. The van der Waals surface area contributed by atoms with Crippen LogP contribution >= 0.6 is 11.3 Å². The number of hydrogen-bond acceptors (Lipinski definition) is 6. The lowest BCUT2D eigenvalue weighted by molar-refractivity contribution is 0.0472. The molecular formula is C24H20N2O4S2. The summed E-state index contributed by atoms with van der Waals surface area (Å²) >= 11 is 1.46. The Bertz CT molecular complexity index is 1400. The molecule has 0 amide bonds. The van der Waals surface area contributed by atoms with Gasteiger partial charge in [-0.25, -0.2) is 18.2 Å². The highest BCUT2D eigenvalue weighted by Crippen LogP contribution is 2.36. The van der Waals surface area contributed by atoms with E-state index < -0.39 is 16.0 Å². The van der Waals surface area contributed by atoms with Gasteiger partial charge in [-0.3, -0.25) is 4.31 Å². The van der Waals surface area contributed by atoms with Crippen molar-refractivity contribution in [2.75, 3.05) is 4.31 Å². The molecule has 3 aromatic carbocycles. The van der Waals surface area contributed by atoms with Crippen molar-refractivity contribution < 1.29 is 17.9 Å². The third-order valence-electron chi connectivity index (χ3n) is 5.44. The Hall–Kier alpha value is -3.23. The van der Waals surface area contributed by atoms with E-state index in [2.05, 4.69) is 4.98 Å². The fourth-order valence-electron chi connectivity index (χ4n) is 3.99. The number of thiazole rings is 1. The van der Waals surface area contributed by atoms with Gasteiger partial charge >= 0.3 is 5.97 Å². The van der Waals surface area contributed by atoms with Gasteiger partial charge in [0.1, 0.15) is 11.6 Å². The van der Waals surface area contributed by atoms with Crippen molar-refractivity contribution in [3.63, 3.8) is 0 Å². The largest absolute Gasteiger partial charge is 0.455 e. The van der Waals surface area contributed by atoms with Crippen molar-refractivity contribution in [3.05, 3.63) is 88.9 Å². The van der Waals surface area contributed by atoms with Crippen LogP contribution in [-0.2, 0) is 27.8 Å². The first-order valence-corrected chi connectivity index (χ1v) is 12.4. The summed E-state index contributed by atoms with van der Waals surface area (Å²) in [7, 11) is -3.83. The van der Waals surface area contributed by atoms with Gasteiger partial charge in [-0.2, -0.15) is 0 Å². The molecule has 8 heteroatoms. The molecule has 1 atom stereocenters. The van der Waals surface area contributed by atoms with E-state index in [1.165, 1.54) is 27.8 Å². The van der Waals surface area contributed by atoms with Gasteiger partial charge in [0.25, 0.3) is 10.0 Å². The highest BCUT2D eigenvalue weighted by molar-refractivity contribution is 7.92. The van der Waals surface area contributed by atoms with Crippen LogP contribution in [0.2, 0.25) is 0 Å². The standard InChI is InChI=1S/C24H20N2O4S2/c1-16-13-17-7-2-4-11-21(17)26(16)32(28,29)19-9-6-8-18(14-19)24(27)30-15-23-25-20-10-3-5-12-22(20)31-23/h2-12,14,16H,13,15H2,1H3/t16-/m0/s1. The van der Waals surface area contributed by atoms with Crippen molar-refractivity contribution in [1.29, 1.82) is 0 Å². The lowest BCUT2D eigenvalue weighted by atomic mass is 10.1. The highest BCUT2D eigenvalue weighted by atomic mass is 32.2. The average molecular weight is 465 g/mol. The van der Waals surface area contributed by atoms with Crippen LogP contribution in [0.3, 0.4) is 0 Å². The smallest absolute Gasteiger partial charge is 0.338 e. The minimum Gasteiger partial charge on any atom is -0.455 e. The topological polar surface area (TPSA) is 76.6 Å². The highest BCUT2D eigenvalue weighted by Gasteiger charge is 2.36. The first-order valence-electron chi connectivity index (χ1n) is 10.2. The van der Waals surface area contributed by atoms with E-state index in [-0.39, 0.29) is 23.1 Å². The minimum absolute atomic E-state index is 0.0334. The molecule has 0 unspecified atom stereocenters. The molecule has 4 aromatic rings. The number of aromatic nitrogens is 1. The number of nitrogens with zero attached hydrogens (tertiary/aromatic N) is 2. The molecule has 0 radical (unpaired) electrons. The maximum absolute atomic E-state index is 13.4. The maximum Gasteiger partial charge on any atom is 0.338 e. The van der Waals surface area contributed by atoms with Gasteiger partial charge in [-0.15, -0.1) is 11.3 Å². The van der Waals surface area contributed by atoms with E-state index in [4.69, 9.17) is 4.74 Å². The molecule has 2 heterocycles. The molecule has 32 heavy (non-hydrogen) atoms. The number of fused-ring (bicyclic) bond motifs is 2. The summed E-state index contributed by atoms with van der Waals surface area (Å²) in [4.78, 5) is 17.2. The van der Waals surface area contributed by atoms with E-state index in [9.17, 15) is 13.2 Å². The molecule has 0 saturated heterocycles. The van der Waals surface area contributed by atoms with Gasteiger partial charge in [0.05, 0.1) is 26.4 Å².